The van der Waals surface area contributed by atoms with Crippen LogP contribution in [0, 0.1) is 0 Å². The molecule has 18 heavy (non-hydrogen) atoms. The predicted molar refractivity (Wildman–Crippen MR) is 79.7 cm³/mol. The van der Waals surface area contributed by atoms with E-state index in [9.17, 15) is 4.21 Å². The van der Waals surface area contributed by atoms with E-state index < -0.39 is 10.8 Å². The summed E-state index contributed by atoms with van der Waals surface area (Å²) in [6, 6.07) is 7.69. The lowest BCUT2D eigenvalue weighted by Crippen LogP contribution is -2.40. The number of hydrogen-bond donors (Lipinski definition) is 1. The van der Waals surface area contributed by atoms with E-state index in [1.54, 1.807) is 6.07 Å². The average Bonchev–Trinajstić information content (AvgIpc) is 2.38. The smallest absolute Gasteiger partial charge is 0.0591 e. The molecule has 1 N–H and O–H groups in total. The van der Waals surface area contributed by atoms with Crippen LogP contribution in [-0.2, 0) is 10.8 Å². The first-order valence-electron chi connectivity index (χ1n) is 6.48. The van der Waals surface area contributed by atoms with Gasteiger partial charge in [-0.25, -0.2) is 0 Å². The number of rotatable bonds is 7. The van der Waals surface area contributed by atoms with Crippen molar-refractivity contribution >= 4 is 22.4 Å². The molecule has 3 unspecified atom stereocenters. The molecule has 1 aromatic carbocycles. The Hall–Kier alpha value is -0.380. The fourth-order valence-electron chi connectivity index (χ4n) is 2.18. The molecule has 1 rings (SSSR count). The molecule has 3 atom stereocenters. The van der Waals surface area contributed by atoms with Crippen molar-refractivity contribution in [2.24, 2.45) is 0 Å². The van der Waals surface area contributed by atoms with Gasteiger partial charge in [-0.15, -0.1) is 0 Å². The van der Waals surface area contributed by atoms with Gasteiger partial charge in [0.2, 0.25) is 0 Å². The summed E-state index contributed by atoms with van der Waals surface area (Å²) < 4.78 is 12.7. The third kappa shape index (κ3) is 3.81. The maximum Gasteiger partial charge on any atom is 0.0591 e. The zero-order valence-corrected chi connectivity index (χ0v) is 12.9. The summed E-state index contributed by atoms with van der Waals surface area (Å²) >= 11 is 6.13. The van der Waals surface area contributed by atoms with Crippen molar-refractivity contribution in [1.82, 2.24) is 5.32 Å². The standard InChI is InChI=1S/C14H22ClNOS/c1-4-8-12(16-3)13(5-2)18(17)14-10-7-6-9-11(14)15/h6-7,9-10,12-13,16H,4-5,8H2,1-3H3. The minimum atomic E-state index is -1.06. The number of halogens is 1. The predicted octanol–water partition coefficient (Wildman–Crippen LogP) is 3.61. The van der Waals surface area contributed by atoms with Crippen LogP contribution in [0.5, 0.6) is 0 Å². The Balaban J connectivity index is 2.95. The Labute approximate surface area is 118 Å². The quantitative estimate of drug-likeness (QED) is 0.830. The molecule has 0 spiro atoms. The first-order chi connectivity index (χ1) is 8.65. The van der Waals surface area contributed by atoms with E-state index in [1.165, 1.54) is 0 Å². The maximum atomic E-state index is 12.7. The second-order valence-electron chi connectivity index (χ2n) is 4.36. The van der Waals surface area contributed by atoms with Crippen LogP contribution in [0.15, 0.2) is 29.2 Å². The number of nitrogens with one attached hydrogen (secondary N) is 1. The van der Waals surface area contributed by atoms with Gasteiger partial charge in [0.15, 0.2) is 0 Å². The van der Waals surface area contributed by atoms with Crippen molar-refractivity contribution in [3.8, 4) is 0 Å². The zero-order chi connectivity index (χ0) is 13.5. The molecule has 4 heteroatoms. The van der Waals surface area contributed by atoms with Gasteiger partial charge in [0.05, 0.1) is 26.0 Å². The van der Waals surface area contributed by atoms with E-state index in [1.807, 2.05) is 25.2 Å². The molecular formula is C14H22ClNOS. The average molecular weight is 288 g/mol. The highest BCUT2D eigenvalue weighted by molar-refractivity contribution is 7.85. The molecule has 2 nitrogen and oxygen atoms in total. The SMILES string of the molecule is CCCC(NC)C(CC)S(=O)c1ccccc1Cl. The van der Waals surface area contributed by atoms with Crippen molar-refractivity contribution in [3.63, 3.8) is 0 Å². The van der Waals surface area contributed by atoms with Gasteiger partial charge in [0, 0.05) is 6.04 Å². The van der Waals surface area contributed by atoms with Crippen molar-refractivity contribution in [3.05, 3.63) is 29.3 Å². The van der Waals surface area contributed by atoms with Gasteiger partial charge >= 0.3 is 0 Å². The Morgan fingerprint density at radius 1 is 1.33 bits per heavy atom. The van der Waals surface area contributed by atoms with Crippen molar-refractivity contribution in [1.29, 1.82) is 0 Å². The van der Waals surface area contributed by atoms with Crippen molar-refractivity contribution < 1.29 is 4.21 Å². The summed E-state index contributed by atoms with van der Waals surface area (Å²) in [6.07, 6.45) is 3.00. The minimum Gasteiger partial charge on any atom is -0.316 e. The normalized spacial score (nSPS) is 16.2. The van der Waals surface area contributed by atoms with Crippen LogP contribution in [0.1, 0.15) is 33.1 Å². The topological polar surface area (TPSA) is 29.1 Å². The van der Waals surface area contributed by atoms with E-state index in [-0.39, 0.29) is 11.3 Å². The van der Waals surface area contributed by atoms with Crippen molar-refractivity contribution in [2.75, 3.05) is 7.05 Å². The minimum absolute atomic E-state index is 0.106. The first-order valence-corrected chi connectivity index (χ1v) is 8.07. The summed E-state index contributed by atoms with van der Waals surface area (Å²) in [5.41, 5.74) is 0. The van der Waals surface area contributed by atoms with E-state index in [4.69, 9.17) is 11.6 Å². The van der Waals surface area contributed by atoms with Crippen LogP contribution in [0.2, 0.25) is 5.02 Å². The lowest BCUT2D eigenvalue weighted by molar-refractivity contribution is 0.481. The molecule has 1 aromatic rings. The molecular weight excluding hydrogens is 266 g/mol. The molecule has 102 valence electrons. The highest BCUT2D eigenvalue weighted by atomic mass is 35.5. The Morgan fingerprint density at radius 3 is 2.50 bits per heavy atom. The summed E-state index contributed by atoms with van der Waals surface area (Å²) in [6.45, 7) is 4.23. The Morgan fingerprint density at radius 2 is 2.00 bits per heavy atom. The van der Waals surface area contributed by atoms with E-state index in [0.29, 0.717) is 5.02 Å². The number of hydrogen-bond acceptors (Lipinski definition) is 2. The second kappa shape index (κ2) is 7.93. The zero-order valence-electron chi connectivity index (χ0n) is 11.3. The summed E-state index contributed by atoms with van der Waals surface area (Å²) in [5.74, 6) is 0. The third-order valence-corrected chi connectivity index (χ3v) is 5.59. The molecule has 0 aromatic heterocycles. The van der Waals surface area contributed by atoms with Crippen LogP contribution in [0.25, 0.3) is 0 Å². The van der Waals surface area contributed by atoms with E-state index in [0.717, 1.165) is 24.2 Å². The molecule has 0 bridgehead atoms. The van der Waals surface area contributed by atoms with Gasteiger partial charge < -0.3 is 5.32 Å². The third-order valence-electron chi connectivity index (χ3n) is 3.15. The van der Waals surface area contributed by atoms with Gasteiger partial charge in [0.25, 0.3) is 0 Å². The van der Waals surface area contributed by atoms with Crippen LogP contribution in [0.4, 0.5) is 0 Å². The molecule has 0 heterocycles. The molecule has 0 amide bonds. The van der Waals surface area contributed by atoms with Gasteiger partial charge in [-0.3, -0.25) is 4.21 Å². The van der Waals surface area contributed by atoms with E-state index >= 15 is 0 Å². The Bertz CT molecular complexity index is 397. The molecule has 0 saturated heterocycles. The van der Waals surface area contributed by atoms with Crippen LogP contribution in [0.3, 0.4) is 0 Å². The van der Waals surface area contributed by atoms with Gasteiger partial charge in [-0.05, 0) is 32.0 Å². The lowest BCUT2D eigenvalue weighted by atomic mass is 10.1. The molecule has 0 fully saturated rings. The molecule has 0 aliphatic carbocycles. The fourth-order valence-corrected chi connectivity index (χ4v) is 4.22. The van der Waals surface area contributed by atoms with Crippen LogP contribution in [-0.4, -0.2) is 22.5 Å². The molecule has 0 aliphatic heterocycles. The summed E-state index contributed by atoms with van der Waals surface area (Å²) in [4.78, 5) is 0.752. The summed E-state index contributed by atoms with van der Waals surface area (Å²) in [7, 11) is 0.879. The highest BCUT2D eigenvalue weighted by Gasteiger charge is 2.25. The highest BCUT2D eigenvalue weighted by Crippen LogP contribution is 2.25. The largest absolute Gasteiger partial charge is 0.316 e. The molecule has 0 saturated carbocycles. The van der Waals surface area contributed by atoms with Gasteiger partial charge in [-0.2, -0.15) is 0 Å². The van der Waals surface area contributed by atoms with Crippen molar-refractivity contribution in [2.45, 2.75) is 49.3 Å². The summed E-state index contributed by atoms with van der Waals surface area (Å²) in [5, 5.41) is 3.99. The molecule has 0 radical (unpaired) electrons. The lowest BCUT2D eigenvalue weighted by Gasteiger charge is -2.25. The van der Waals surface area contributed by atoms with Gasteiger partial charge in [-0.1, -0.05) is 44.0 Å². The van der Waals surface area contributed by atoms with Crippen LogP contribution >= 0.6 is 11.6 Å². The Kier molecular flexibility index (Phi) is 6.90. The molecule has 0 aliphatic rings. The van der Waals surface area contributed by atoms with Crippen LogP contribution < -0.4 is 5.32 Å². The maximum absolute atomic E-state index is 12.7. The fraction of sp³-hybridized carbons (Fsp3) is 0.571. The van der Waals surface area contributed by atoms with E-state index in [2.05, 4.69) is 19.2 Å². The van der Waals surface area contributed by atoms with Gasteiger partial charge in [0.1, 0.15) is 0 Å². The number of benzene rings is 1. The first kappa shape index (κ1) is 15.7. The second-order valence-corrected chi connectivity index (χ2v) is 6.41. The monoisotopic (exact) mass is 287 g/mol.